The van der Waals surface area contributed by atoms with Crippen LogP contribution in [0.5, 0.6) is 0 Å². The van der Waals surface area contributed by atoms with Crippen molar-refractivity contribution in [3.8, 4) is 0 Å². The van der Waals surface area contributed by atoms with Gasteiger partial charge in [0.05, 0.1) is 29.2 Å². The fourth-order valence-corrected chi connectivity index (χ4v) is 7.41. The molecular weight excluding hydrogens is 669 g/mol. The minimum atomic E-state index is -0.907. The largest absolute Gasteiger partial charge is 0.450 e. The number of rotatable bonds is 10. The summed E-state index contributed by atoms with van der Waals surface area (Å²) in [6, 6.07) is 2.89. The van der Waals surface area contributed by atoms with Crippen LogP contribution in [0.25, 0.3) is 0 Å². The predicted molar refractivity (Wildman–Crippen MR) is 176 cm³/mol. The number of amides is 4. The number of hydrogen-bond donors (Lipinski definition) is 3. The third-order valence-electron chi connectivity index (χ3n) is 8.82. The zero-order chi connectivity index (χ0) is 33.7. The number of piperazine rings is 1. The number of Topliss-reactive ketones (excluding diaryl/α,β-unsaturated/α-hetero) is 1. The van der Waals surface area contributed by atoms with Gasteiger partial charge in [-0.1, -0.05) is 29.3 Å². The lowest BCUT2D eigenvalue weighted by Crippen LogP contribution is -2.62. The van der Waals surface area contributed by atoms with Crippen molar-refractivity contribution in [1.29, 1.82) is 5.41 Å². The Morgan fingerprint density at radius 2 is 1.89 bits per heavy atom. The molecule has 4 amide bonds. The second kappa shape index (κ2) is 15.4. The van der Waals surface area contributed by atoms with Crippen molar-refractivity contribution < 1.29 is 28.7 Å². The van der Waals surface area contributed by atoms with Gasteiger partial charge in [0.25, 0.3) is 0 Å². The molecule has 3 fully saturated rings. The number of aryl methyl sites for hydroxylation is 1. The summed E-state index contributed by atoms with van der Waals surface area (Å²) in [5.74, 6) is -1.65. The fourth-order valence-electron chi connectivity index (χ4n) is 6.48. The highest BCUT2D eigenvalue weighted by atomic mass is 35.5. The lowest BCUT2D eigenvalue weighted by atomic mass is 9.86. The standard InChI is InChI=1S/C31H37Cl2N7O6S/c1-2-46-31(45)37-30(34)38-13-9-19(10-14-38)25(26(42)28-35-11-15-47-28)36-27(43)22-7-8-23-29(44)39(17-24(41)40(22)23)12-3-4-18-5-6-20(32)21(33)16-18/h5-6,11,15-16,19,22-23,25H,2-4,7-10,12-14,17H2,1H3,(H,36,43)(H2,34,37,45). The number of nitrogens with zero attached hydrogens (tertiary/aromatic N) is 4. The second-order valence-corrected chi connectivity index (χ2v) is 13.4. The van der Waals surface area contributed by atoms with Crippen molar-refractivity contribution in [2.45, 2.75) is 63.6 Å². The number of aromatic nitrogens is 1. The van der Waals surface area contributed by atoms with E-state index in [4.69, 9.17) is 33.3 Å². The topological polar surface area (TPSA) is 165 Å². The summed E-state index contributed by atoms with van der Waals surface area (Å²) in [5, 5.41) is 16.4. The number of halogens is 2. The molecule has 0 spiro atoms. The quantitative estimate of drug-likeness (QED) is 0.192. The Labute approximate surface area is 286 Å². The molecule has 13 nitrogen and oxygen atoms in total. The van der Waals surface area contributed by atoms with Gasteiger partial charge in [0, 0.05) is 31.2 Å². The van der Waals surface area contributed by atoms with E-state index in [9.17, 15) is 24.0 Å². The van der Waals surface area contributed by atoms with Crippen LogP contribution in [-0.2, 0) is 25.5 Å². The molecule has 3 saturated heterocycles. The number of ether oxygens (including phenoxy) is 1. The number of fused-ring (bicyclic) bond motifs is 1. The van der Waals surface area contributed by atoms with Gasteiger partial charge in [0.2, 0.25) is 29.5 Å². The van der Waals surface area contributed by atoms with Gasteiger partial charge in [-0.15, -0.1) is 11.3 Å². The number of carbonyl (C=O) groups is 5. The number of guanidine groups is 1. The third kappa shape index (κ3) is 8.04. The highest BCUT2D eigenvalue weighted by Crippen LogP contribution is 2.31. The molecule has 0 bridgehead atoms. The van der Waals surface area contributed by atoms with E-state index >= 15 is 0 Å². The molecule has 3 aliphatic rings. The molecule has 47 heavy (non-hydrogen) atoms. The molecule has 0 radical (unpaired) electrons. The Kier molecular flexibility index (Phi) is 11.4. The van der Waals surface area contributed by atoms with Crippen molar-refractivity contribution in [2.24, 2.45) is 5.92 Å². The third-order valence-corrected chi connectivity index (χ3v) is 10.3. The van der Waals surface area contributed by atoms with Crippen LogP contribution in [0.2, 0.25) is 10.0 Å². The average molecular weight is 707 g/mol. The Bertz CT molecular complexity index is 1520. The molecule has 3 N–H and O–H groups in total. The highest BCUT2D eigenvalue weighted by Gasteiger charge is 2.49. The van der Waals surface area contributed by atoms with Crippen LogP contribution in [0.4, 0.5) is 4.79 Å². The number of piperidine rings is 1. The number of nitrogens with one attached hydrogen (secondary N) is 3. The summed E-state index contributed by atoms with van der Waals surface area (Å²) >= 11 is 13.3. The summed E-state index contributed by atoms with van der Waals surface area (Å²) in [7, 11) is 0. The summed E-state index contributed by atoms with van der Waals surface area (Å²) in [5.41, 5.74) is 0.980. The Morgan fingerprint density at radius 3 is 2.57 bits per heavy atom. The molecule has 1 aromatic heterocycles. The van der Waals surface area contributed by atoms with Gasteiger partial charge in [-0.05, 0) is 69.1 Å². The summed E-state index contributed by atoms with van der Waals surface area (Å²) in [6.45, 7) is 2.87. The molecule has 0 saturated carbocycles. The summed E-state index contributed by atoms with van der Waals surface area (Å²) in [4.78, 5) is 74.7. The summed E-state index contributed by atoms with van der Waals surface area (Å²) < 4.78 is 4.85. The van der Waals surface area contributed by atoms with Crippen molar-refractivity contribution >= 4 is 70.1 Å². The van der Waals surface area contributed by atoms with E-state index in [1.54, 1.807) is 34.2 Å². The van der Waals surface area contributed by atoms with Gasteiger partial charge in [-0.2, -0.15) is 0 Å². The van der Waals surface area contributed by atoms with Gasteiger partial charge in [0.15, 0.2) is 5.01 Å². The highest BCUT2D eigenvalue weighted by molar-refractivity contribution is 7.11. The molecule has 3 atom stereocenters. The maximum absolute atomic E-state index is 13.8. The van der Waals surface area contributed by atoms with E-state index in [0.29, 0.717) is 68.2 Å². The first-order chi connectivity index (χ1) is 22.6. The molecule has 0 aliphatic carbocycles. The van der Waals surface area contributed by atoms with Crippen molar-refractivity contribution in [3.63, 3.8) is 0 Å². The SMILES string of the molecule is CCOC(=O)NC(=N)N1CCC(C(NC(=O)C2CCC3C(=O)N(CCCc4ccc(Cl)c(Cl)c4)CC(=O)N23)C(=O)c2nccs2)CC1. The number of carbonyl (C=O) groups excluding carboxylic acids is 5. The molecule has 3 unspecified atom stereocenters. The molecule has 5 rings (SSSR count). The number of hydrogen-bond acceptors (Lipinski definition) is 9. The van der Waals surface area contributed by atoms with Gasteiger partial charge in [0.1, 0.15) is 12.1 Å². The molecule has 1 aromatic carbocycles. The fraction of sp³-hybridized carbons (Fsp3) is 0.516. The van der Waals surface area contributed by atoms with Gasteiger partial charge < -0.3 is 24.8 Å². The smallest absolute Gasteiger partial charge is 0.413 e. The second-order valence-electron chi connectivity index (χ2n) is 11.7. The van der Waals surface area contributed by atoms with Crippen molar-refractivity contribution in [3.05, 3.63) is 50.4 Å². The maximum atomic E-state index is 13.8. The van der Waals surface area contributed by atoms with Crippen molar-refractivity contribution in [2.75, 3.05) is 32.8 Å². The van der Waals surface area contributed by atoms with E-state index in [1.807, 2.05) is 6.07 Å². The molecular formula is C31H37Cl2N7O6S. The van der Waals surface area contributed by atoms with Gasteiger partial charge in [-0.25, -0.2) is 9.78 Å². The maximum Gasteiger partial charge on any atom is 0.413 e. The van der Waals surface area contributed by atoms with Crippen molar-refractivity contribution in [1.82, 2.24) is 30.3 Å². The van der Waals surface area contributed by atoms with Crippen LogP contribution in [0.1, 0.15) is 54.4 Å². The zero-order valence-electron chi connectivity index (χ0n) is 25.9. The Balaban J connectivity index is 1.20. The van der Waals surface area contributed by atoms with Crippen LogP contribution in [0.3, 0.4) is 0 Å². The lowest BCUT2D eigenvalue weighted by Gasteiger charge is -2.39. The molecule has 3 aliphatic heterocycles. The molecule has 16 heteroatoms. The van der Waals surface area contributed by atoms with Crippen LogP contribution in [0.15, 0.2) is 29.8 Å². The first-order valence-corrected chi connectivity index (χ1v) is 17.3. The number of likely N-dealkylation sites (tertiary alicyclic amines) is 1. The average Bonchev–Trinajstić information content (AvgIpc) is 3.75. The Morgan fingerprint density at radius 1 is 1.13 bits per heavy atom. The number of alkyl carbamates (subject to hydrolysis) is 1. The normalized spacial score (nSPS) is 20.5. The first kappa shape index (κ1) is 34.6. The van der Waals surface area contributed by atoms with Crippen LogP contribution in [0, 0.1) is 11.3 Å². The van der Waals surface area contributed by atoms with E-state index < -0.39 is 30.1 Å². The minimum Gasteiger partial charge on any atom is -0.450 e. The van der Waals surface area contributed by atoms with Gasteiger partial charge in [-0.3, -0.25) is 29.9 Å². The molecule has 252 valence electrons. The van der Waals surface area contributed by atoms with Crippen LogP contribution < -0.4 is 10.6 Å². The van der Waals surface area contributed by atoms with E-state index in [0.717, 1.165) is 5.56 Å². The monoisotopic (exact) mass is 705 g/mol. The van der Waals surface area contributed by atoms with E-state index in [-0.39, 0.29) is 47.6 Å². The number of thiazole rings is 1. The molecule has 4 heterocycles. The van der Waals surface area contributed by atoms with Gasteiger partial charge >= 0.3 is 6.09 Å². The predicted octanol–water partition coefficient (Wildman–Crippen LogP) is 3.34. The van der Waals surface area contributed by atoms with E-state index in [1.165, 1.54) is 22.4 Å². The summed E-state index contributed by atoms with van der Waals surface area (Å²) in [6.07, 6.45) is 3.67. The first-order valence-electron chi connectivity index (χ1n) is 15.6. The Hall–Kier alpha value is -3.75. The molecule has 2 aromatic rings. The van der Waals surface area contributed by atoms with Crippen LogP contribution >= 0.6 is 34.5 Å². The number of benzene rings is 1. The zero-order valence-corrected chi connectivity index (χ0v) is 28.2. The number of ketones is 1. The van der Waals surface area contributed by atoms with E-state index in [2.05, 4.69) is 15.6 Å². The van der Waals surface area contributed by atoms with Crippen LogP contribution in [-0.4, -0.2) is 106 Å². The lowest BCUT2D eigenvalue weighted by molar-refractivity contribution is -0.157. The minimum absolute atomic E-state index is 0.0950.